The Morgan fingerprint density at radius 2 is 2.14 bits per heavy atom. The third-order valence-electron chi connectivity index (χ3n) is 1.45. The Hall–Kier alpha value is -0.0400. The number of halogens is 1. The minimum absolute atomic E-state index is 0.325. The van der Waals surface area contributed by atoms with Crippen LogP contribution < -0.4 is 0 Å². The highest BCUT2D eigenvalue weighted by molar-refractivity contribution is 9.10. The highest BCUT2D eigenvalue weighted by Crippen LogP contribution is 2.28. The lowest BCUT2D eigenvalue weighted by Gasteiger charge is -2.03. The number of hydrogen-bond acceptors (Lipinski definition) is 3. The highest BCUT2D eigenvalue weighted by atomic mass is 79.9. The van der Waals surface area contributed by atoms with Crippen molar-refractivity contribution in [3.8, 4) is 0 Å². The molecule has 0 aliphatic carbocycles. The highest BCUT2D eigenvalue weighted by Gasteiger charge is 2.07. The molecule has 0 aliphatic heterocycles. The van der Waals surface area contributed by atoms with Crippen molar-refractivity contribution in [3.63, 3.8) is 0 Å². The van der Waals surface area contributed by atoms with E-state index in [9.17, 15) is 8.42 Å². The Morgan fingerprint density at radius 1 is 1.50 bits per heavy atom. The van der Waals surface area contributed by atoms with E-state index in [1.807, 2.05) is 25.1 Å². The maximum atomic E-state index is 10.5. The first-order valence-electron chi connectivity index (χ1n) is 3.72. The SMILES string of the molecule is Cc1ccc(SCS(=O)(=O)O)c(Br)c1. The van der Waals surface area contributed by atoms with Gasteiger partial charge in [-0.25, -0.2) is 0 Å². The Bertz CT molecular complexity index is 428. The van der Waals surface area contributed by atoms with Crippen molar-refractivity contribution in [1.82, 2.24) is 0 Å². The predicted octanol–water partition coefficient (Wildman–Crippen LogP) is 2.69. The molecule has 1 rings (SSSR count). The molecule has 0 aromatic heterocycles. The molecule has 0 aliphatic rings. The summed E-state index contributed by atoms with van der Waals surface area (Å²) in [5.74, 6) is 0. The van der Waals surface area contributed by atoms with Crippen molar-refractivity contribution in [2.24, 2.45) is 0 Å². The molecule has 0 heterocycles. The number of benzene rings is 1. The Morgan fingerprint density at radius 3 is 2.64 bits per heavy atom. The molecule has 1 aromatic rings. The van der Waals surface area contributed by atoms with E-state index in [4.69, 9.17) is 4.55 Å². The zero-order chi connectivity index (χ0) is 10.8. The van der Waals surface area contributed by atoms with Gasteiger partial charge in [0, 0.05) is 9.37 Å². The van der Waals surface area contributed by atoms with Gasteiger partial charge < -0.3 is 0 Å². The van der Waals surface area contributed by atoms with Crippen LogP contribution in [0.5, 0.6) is 0 Å². The number of rotatable bonds is 3. The van der Waals surface area contributed by atoms with Gasteiger partial charge in [0.2, 0.25) is 0 Å². The molecule has 14 heavy (non-hydrogen) atoms. The first-order chi connectivity index (χ1) is 6.38. The van der Waals surface area contributed by atoms with E-state index >= 15 is 0 Å². The quantitative estimate of drug-likeness (QED) is 0.688. The van der Waals surface area contributed by atoms with E-state index in [2.05, 4.69) is 15.9 Å². The minimum Gasteiger partial charge on any atom is -0.285 e. The van der Waals surface area contributed by atoms with E-state index < -0.39 is 10.1 Å². The molecule has 0 radical (unpaired) electrons. The number of hydrogen-bond donors (Lipinski definition) is 1. The van der Waals surface area contributed by atoms with Crippen molar-refractivity contribution in [2.45, 2.75) is 11.8 Å². The molecule has 0 unspecified atom stereocenters. The van der Waals surface area contributed by atoms with Gasteiger partial charge in [0.05, 0.1) is 0 Å². The lowest BCUT2D eigenvalue weighted by Crippen LogP contribution is -1.99. The van der Waals surface area contributed by atoms with Gasteiger partial charge in [-0.2, -0.15) is 8.42 Å². The topological polar surface area (TPSA) is 54.4 Å². The lowest BCUT2D eigenvalue weighted by molar-refractivity contribution is 0.489. The van der Waals surface area contributed by atoms with Gasteiger partial charge in [0.25, 0.3) is 10.1 Å². The number of aryl methyl sites for hydroxylation is 1. The molecule has 0 atom stereocenters. The molecule has 0 spiro atoms. The largest absolute Gasteiger partial charge is 0.285 e. The molecule has 1 aromatic carbocycles. The molecule has 78 valence electrons. The van der Waals surface area contributed by atoms with Gasteiger partial charge in [0.1, 0.15) is 5.08 Å². The first-order valence-corrected chi connectivity index (χ1v) is 7.11. The molecule has 0 saturated carbocycles. The van der Waals surface area contributed by atoms with Crippen molar-refractivity contribution in [2.75, 3.05) is 5.08 Å². The van der Waals surface area contributed by atoms with Crippen molar-refractivity contribution in [1.29, 1.82) is 0 Å². The molecule has 0 amide bonds. The second-order valence-corrected chi connectivity index (χ2v) is 6.47. The summed E-state index contributed by atoms with van der Waals surface area (Å²) in [6.07, 6.45) is 0. The van der Waals surface area contributed by atoms with Crippen LogP contribution >= 0.6 is 27.7 Å². The van der Waals surface area contributed by atoms with Crippen molar-refractivity contribution in [3.05, 3.63) is 28.2 Å². The third kappa shape index (κ3) is 4.00. The predicted molar refractivity (Wildman–Crippen MR) is 61.2 cm³/mol. The second kappa shape index (κ2) is 4.65. The summed E-state index contributed by atoms with van der Waals surface area (Å²) in [6, 6.07) is 5.60. The maximum Gasteiger partial charge on any atom is 0.274 e. The zero-order valence-electron chi connectivity index (χ0n) is 7.40. The lowest BCUT2D eigenvalue weighted by atomic mass is 10.2. The molecular weight excluding hydrogens is 288 g/mol. The van der Waals surface area contributed by atoms with Gasteiger partial charge in [-0.05, 0) is 40.5 Å². The average Bonchev–Trinajstić information content (AvgIpc) is 2.00. The van der Waals surface area contributed by atoms with Crippen LogP contribution in [0.2, 0.25) is 0 Å². The summed E-state index contributed by atoms with van der Waals surface area (Å²) in [6.45, 7) is 1.95. The zero-order valence-corrected chi connectivity index (χ0v) is 10.6. The van der Waals surface area contributed by atoms with Crippen LogP contribution in [0.25, 0.3) is 0 Å². The molecule has 0 saturated heterocycles. The summed E-state index contributed by atoms with van der Waals surface area (Å²) in [5, 5.41) is -0.325. The van der Waals surface area contributed by atoms with E-state index in [1.165, 1.54) is 0 Å². The van der Waals surface area contributed by atoms with Crippen LogP contribution in [0.15, 0.2) is 27.6 Å². The van der Waals surface area contributed by atoms with Crippen molar-refractivity contribution < 1.29 is 13.0 Å². The van der Waals surface area contributed by atoms with Gasteiger partial charge in [-0.3, -0.25) is 4.55 Å². The minimum atomic E-state index is -3.91. The smallest absolute Gasteiger partial charge is 0.274 e. The molecule has 6 heteroatoms. The molecular formula is C8H9BrO3S2. The molecule has 0 bridgehead atoms. The van der Waals surface area contributed by atoms with E-state index in [-0.39, 0.29) is 5.08 Å². The Kier molecular flexibility index (Phi) is 4.00. The van der Waals surface area contributed by atoms with Crippen LogP contribution in [-0.4, -0.2) is 18.1 Å². The normalized spacial score (nSPS) is 11.6. The van der Waals surface area contributed by atoms with Gasteiger partial charge >= 0.3 is 0 Å². The van der Waals surface area contributed by atoms with Crippen LogP contribution in [0.1, 0.15) is 5.56 Å². The first kappa shape index (κ1) is 12.0. The summed E-state index contributed by atoms with van der Waals surface area (Å²) in [5.41, 5.74) is 1.09. The van der Waals surface area contributed by atoms with E-state index in [1.54, 1.807) is 0 Å². The fourth-order valence-electron chi connectivity index (χ4n) is 0.861. The van der Waals surface area contributed by atoms with E-state index in [0.29, 0.717) is 0 Å². The fraction of sp³-hybridized carbons (Fsp3) is 0.250. The van der Waals surface area contributed by atoms with Crippen LogP contribution in [-0.2, 0) is 10.1 Å². The monoisotopic (exact) mass is 296 g/mol. The van der Waals surface area contributed by atoms with E-state index in [0.717, 1.165) is 26.7 Å². The Labute approximate surface area is 95.8 Å². The standard InChI is InChI=1S/C8H9BrO3S2/c1-6-2-3-8(7(9)4-6)13-5-14(10,11)12/h2-4H,5H2,1H3,(H,10,11,12). The summed E-state index contributed by atoms with van der Waals surface area (Å²) in [7, 11) is -3.91. The van der Waals surface area contributed by atoms with Gasteiger partial charge in [0.15, 0.2) is 0 Å². The molecule has 1 N–H and O–H groups in total. The average molecular weight is 297 g/mol. The third-order valence-corrected chi connectivity index (χ3v) is 4.70. The van der Waals surface area contributed by atoms with Crippen LogP contribution in [0.3, 0.4) is 0 Å². The van der Waals surface area contributed by atoms with Gasteiger partial charge in [-0.15, -0.1) is 11.8 Å². The maximum absolute atomic E-state index is 10.5. The fourth-order valence-corrected chi connectivity index (χ4v) is 3.16. The van der Waals surface area contributed by atoms with Gasteiger partial charge in [-0.1, -0.05) is 6.07 Å². The number of thioether (sulfide) groups is 1. The molecule has 0 fully saturated rings. The van der Waals surface area contributed by atoms with Crippen LogP contribution in [0, 0.1) is 6.92 Å². The molecule has 3 nitrogen and oxygen atoms in total. The summed E-state index contributed by atoms with van der Waals surface area (Å²) < 4.78 is 30.4. The second-order valence-electron chi connectivity index (χ2n) is 2.78. The summed E-state index contributed by atoms with van der Waals surface area (Å²) in [4.78, 5) is 0.799. The Balaban J connectivity index is 2.78. The van der Waals surface area contributed by atoms with Crippen molar-refractivity contribution >= 4 is 37.8 Å². The van der Waals surface area contributed by atoms with Crippen LogP contribution in [0.4, 0.5) is 0 Å². The summed E-state index contributed by atoms with van der Waals surface area (Å²) >= 11 is 4.40.